The first kappa shape index (κ1) is 43.2. The largest absolute Gasteiger partial charge is 0.462 e. The van der Waals surface area contributed by atoms with Gasteiger partial charge in [-0.3, -0.25) is 9.59 Å². The van der Waals surface area contributed by atoms with Crippen LogP contribution >= 0.6 is 0 Å². The Balaban J connectivity index is 1.10. The maximum atomic E-state index is 15.1. The van der Waals surface area contributed by atoms with Crippen LogP contribution in [0.5, 0.6) is 0 Å². The molecule has 3 unspecified atom stereocenters. The topological polar surface area (TPSA) is 114 Å². The number of Topliss-reactive ketones (excluding diaryl/α,β-unsaturated/α-hetero) is 1. The van der Waals surface area contributed by atoms with Crippen molar-refractivity contribution in [3.63, 3.8) is 0 Å². The Morgan fingerprint density at radius 2 is 1.54 bits per heavy atom. The molecule has 3 aliphatic carbocycles. The summed E-state index contributed by atoms with van der Waals surface area (Å²) < 4.78 is 50.5. The van der Waals surface area contributed by atoms with E-state index in [1.54, 1.807) is 21.3 Å². The van der Waals surface area contributed by atoms with Gasteiger partial charge in [-0.05, 0) is 121 Å². The molecule has 4 saturated heterocycles. The van der Waals surface area contributed by atoms with Gasteiger partial charge in [0.15, 0.2) is 18.4 Å². The van der Waals surface area contributed by atoms with Crippen LogP contribution in [0, 0.1) is 35.5 Å². The third-order valence-corrected chi connectivity index (χ3v) is 15.5. The molecule has 0 N–H and O–H groups in total. The minimum absolute atomic E-state index is 0.0262. The number of allylic oxidation sites excluding steroid dienone is 2. The molecule has 19 atom stereocenters. The van der Waals surface area contributed by atoms with Gasteiger partial charge in [0.1, 0.15) is 24.4 Å². The molecule has 0 radical (unpaired) electrons. The van der Waals surface area contributed by atoms with Gasteiger partial charge in [0, 0.05) is 44.9 Å². The van der Waals surface area contributed by atoms with Gasteiger partial charge in [-0.25, -0.2) is 0 Å². The molecule has 0 amide bonds. The monoisotopic (exact) mass is 823 g/mol. The molecule has 7 aliphatic rings. The van der Waals surface area contributed by atoms with Crippen LogP contribution in [0.25, 0.3) is 0 Å². The van der Waals surface area contributed by atoms with Crippen LogP contribution in [0.2, 0.25) is 0 Å². The molecule has 12 heteroatoms. The van der Waals surface area contributed by atoms with E-state index in [0.717, 1.165) is 50.5 Å². The Hall–Kier alpha value is -2.42. The van der Waals surface area contributed by atoms with E-state index in [-0.39, 0.29) is 109 Å². The maximum absolute atomic E-state index is 15.1. The zero-order chi connectivity index (χ0) is 41.7. The molecule has 4 heterocycles. The van der Waals surface area contributed by atoms with Crippen LogP contribution in [-0.2, 0) is 47.5 Å². The van der Waals surface area contributed by atoms with Crippen LogP contribution in [0.1, 0.15) is 85.5 Å². The fraction of sp³-hybridized carbons (Fsp3) is 0.787. The number of benzene rings is 1. The quantitative estimate of drug-likeness (QED) is 0.198. The number of carbonyl (C=O) groups is 2. The summed E-state index contributed by atoms with van der Waals surface area (Å²) in [5.41, 5.74) is 1.98. The van der Waals surface area contributed by atoms with Gasteiger partial charge in [-0.15, -0.1) is 0 Å². The predicted molar refractivity (Wildman–Crippen MR) is 222 cm³/mol. The fourth-order valence-electron chi connectivity index (χ4n) is 12.6. The smallest absolute Gasteiger partial charge is 0.306 e. The summed E-state index contributed by atoms with van der Waals surface area (Å²) in [5.74, 6) is 0.0677. The van der Waals surface area contributed by atoms with Gasteiger partial charge in [-0.1, -0.05) is 38.1 Å². The molecule has 328 valence electrons. The SMILES string of the molecule is CC[C@H]1CCC[C@H](O[C@H]2CC[C@H](N(C)C)C(C)O2)[C@@H](C)C(=O)C2=C[C@H]3[C@@H]4C[C@H](O[C@@H]5OC(C)[C@H](OC)C(OC)[C@@H]5OC)C[C@H]4[C@H]4[C@@H]([C@H]3[C@@H]2CC(=O)O1)N4c1ccccc1. The molecule has 12 nitrogen and oxygen atoms in total. The van der Waals surface area contributed by atoms with Crippen LogP contribution in [-0.4, -0.2) is 132 Å². The summed E-state index contributed by atoms with van der Waals surface area (Å²) in [6.45, 7) is 8.24. The van der Waals surface area contributed by atoms with Gasteiger partial charge >= 0.3 is 5.97 Å². The van der Waals surface area contributed by atoms with Crippen molar-refractivity contribution in [1.29, 1.82) is 0 Å². The number of rotatable bonds is 10. The number of hydrogen-bond donors (Lipinski definition) is 0. The van der Waals surface area contributed by atoms with Crippen molar-refractivity contribution >= 4 is 17.4 Å². The lowest BCUT2D eigenvalue weighted by Gasteiger charge is -2.44. The van der Waals surface area contributed by atoms with Crippen LogP contribution in [0.3, 0.4) is 0 Å². The number of anilines is 1. The van der Waals surface area contributed by atoms with Crippen molar-refractivity contribution in [1.82, 2.24) is 4.90 Å². The third kappa shape index (κ3) is 8.31. The van der Waals surface area contributed by atoms with Crippen molar-refractivity contribution in [3.05, 3.63) is 42.0 Å². The standard InChI is InChI=1S/C47H70N2O10/c1-10-29-17-14-18-37(59-39-20-19-36(48(5)6)26(3)55-39)25(2)43(51)35-23-32-31-21-30(58-47-46(54-9)45(53-8)44(52-7)27(4)56-47)22-34(31)41-42(40(32)33(35)24-38(50)57-29)49(41)28-15-12-11-13-16-28/h11-13,15-16,23,25-27,29-34,36-37,39-42,44-47H,10,14,17-22,24H2,1-9H3/t25-,26?,27?,29+,30+,31+,32+,33-,34-,36+,37+,39+,40-,41+,42-,44+,45?,46+,47+,49?/m1/s1. The molecule has 0 aromatic heterocycles. The molecule has 59 heavy (non-hydrogen) atoms. The van der Waals surface area contributed by atoms with Gasteiger partial charge in [0.2, 0.25) is 0 Å². The van der Waals surface area contributed by atoms with E-state index in [9.17, 15) is 4.79 Å². The molecule has 6 fully saturated rings. The summed E-state index contributed by atoms with van der Waals surface area (Å²) >= 11 is 0. The number of ketones is 1. The molecule has 4 aliphatic heterocycles. The Morgan fingerprint density at radius 1 is 0.814 bits per heavy atom. The summed E-state index contributed by atoms with van der Waals surface area (Å²) in [4.78, 5) is 33.9. The first-order valence-electron chi connectivity index (χ1n) is 22.6. The lowest BCUT2D eigenvalue weighted by molar-refractivity contribution is -0.314. The van der Waals surface area contributed by atoms with E-state index in [2.05, 4.69) is 74.2 Å². The lowest BCUT2D eigenvalue weighted by atomic mass is 9.66. The Labute approximate surface area is 351 Å². The molecule has 1 aromatic carbocycles. The predicted octanol–water partition coefficient (Wildman–Crippen LogP) is 6.19. The molecule has 0 spiro atoms. The number of esters is 1. The highest BCUT2D eigenvalue weighted by atomic mass is 16.7. The van der Waals surface area contributed by atoms with Crippen LogP contribution in [0.4, 0.5) is 5.69 Å². The third-order valence-electron chi connectivity index (χ3n) is 15.5. The number of para-hydroxylation sites is 1. The number of cyclic esters (lactones) is 1. The molecule has 8 rings (SSSR count). The zero-order valence-corrected chi connectivity index (χ0v) is 36.8. The maximum Gasteiger partial charge on any atom is 0.306 e. The van der Waals surface area contributed by atoms with Crippen LogP contribution < -0.4 is 4.90 Å². The lowest BCUT2D eigenvalue weighted by Crippen LogP contribution is -2.59. The van der Waals surface area contributed by atoms with Gasteiger partial charge < -0.3 is 47.7 Å². The Bertz CT molecular complexity index is 1640. The van der Waals surface area contributed by atoms with E-state index >= 15 is 4.79 Å². The molecule has 1 aromatic rings. The average Bonchev–Trinajstić information content (AvgIpc) is 3.63. The Kier molecular flexibility index (Phi) is 13.3. The van der Waals surface area contributed by atoms with E-state index in [1.165, 1.54) is 5.69 Å². The molecular formula is C47H70N2O10. The van der Waals surface area contributed by atoms with Crippen molar-refractivity contribution in [3.8, 4) is 0 Å². The molecule has 0 bridgehead atoms. The van der Waals surface area contributed by atoms with Crippen molar-refractivity contribution in [2.24, 2.45) is 35.5 Å². The number of methoxy groups -OCH3 is 3. The van der Waals surface area contributed by atoms with Crippen LogP contribution in [0.15, 0.2) is 42.0 Å². The minimum atomic E-state index is -0.616. The highest BCUT2D eigenvalue weighted by Crippen LogP contribution is 2.65. The van der Waals surface area contributed by atoms with E-state index in [4.69, 9.17) is 37.9 Å². The van der Waals surface area contributed by atoms with Gasteiger partial charge in [0.25, 0.3) is 0 Å². The van der Waals surface area contributed by atoms with Gasteiger partial charge in [-0.2, -0.15) is 0 Å². The molecule has 2 saturated carbocycles. The summed E-state index contributed by atoms with van der Waals surface area (Å²) in [6.07, 6.45) is 6.12. The van der Waals surface area contributed by atoms with Crippen molar-refractivity contribution in [2.45, 2.75) is 165 Å². The minimum Gasteiger partial charge on any atom is -0.462 e. The number of nitrogens with zero attached hydrogens (tertiary/aromatic N) is 2. The van der Waals surface area contributed by atoms with E-state index in [1.807, 2.05) is 13.8 Å². The number of hydrogen-bond acceptors (Lipinski definition) is 12. The fourth-order valence-corrected chi connectivity index (χ4v) is 12.6. The second kappa shape index (κ2) is 18.1. The average molecular weight is 823 g/mol. The van der Waals surface area contributed by atoms with E-state index < -0.39 is 12.4 Å². The Morgan fingerprint density at radius 3 is 2.22 bits per heavy atom. The zero-order valence-electron chi connectivity index (χ0n) is 36.8. The number of ether oxygens (including phenoxy) is 8. The summed E-state index contributed by atoms with van der Waals surface area (Å²) in [7, 11) is 9.21. The van der Waals surface area contributed by atoms with Crippen molar-refractivity contribution in [2.75, 3.05) is 40.3 Å². The van der Waals surface area contributed by atoms with Gasteiger partial charge in [0.05, 0.1) is 42.9 Å². The molecular weight excluding hydrogens is 753 g/mol. The van der Waals surface area contributed by atoms with E-state index in [0.29, 0.717) is 18.4 Å². The normalized spacial score (nSPS) is 45.0. The van der Waals surface area contributed by atoms with Crippen molar-refractivity contribution < 1.29 is 47.5 Å². The number of fused-ring (bicyclic) bond motifs is 8. The number of carbonyl (C=O) groups excluding carboxylic acids is 2. The highest BCUT2D eigenvalue weighted by Gasteiger charge is 2.69. The summed E-state index contributed by atoms with van der Waals surface area (Å²) in [5, 5.41) is 0. The summed E-state index contributed by atoms with van der Waals surface area (Å²) in [6, 6.07) is 11.4. The number of likely N-dealkylation sites (N-methyl/N-ethyl adjacent to an activating group) is 1. The second-order valence-corrected chi connectivity index (χ2v) is 18.8. The first-order valence-corrected chi connectivity index (χ1v) is 22.6. The highest BCUT2D eigenvalue weighted by molar-refractivity contribution is 5.99. The first-order chi connectivity index (χ1) is 28.5. The second-order valence-electron chi connectivity index (χ2n) is 18.8.